The molecule has 2 aromatic heterocycles. The van der Waals surface area contributed by atoms with Gasteiger partial charge in [0.15, 0.2) is 17.7 Å². The van der Waals surface area contributed by atoms with Crippen LogP contribution in [0.2, 0.25) is 22.2 Å². The summed E-state index contributed by atoms with van der Waals surface area (Å²) < 4.78 is 37.5. The molecule has 0 saturated carbocycles. The Morgan fingerprint density at radius 1 is 0.895 bits per heavy atom. The smallest absolute Gasteiger partial charge is 0.335 e. The topological polar surface area (TPSA) is 182 Å². The van der Waals surface area contributed by atoms with Crippen LogP contribution in [0, 0.1) is 5.92 Å². The predicted molar refractivity (Wildman–Crippen MR) is 221 cm³/mol. The summed E-state index contributed by atoms with van der Waals surface area (Å²) >= 11 is 0. The van der Waals surface area contributed by atoms with Gasteiger partial charge >= 0.3 is 17.1 Å². The zero-order valence-electron chi connectivity index (χ0n) is 35.1. The number of imide groups is 1. The summed E-state index contributed by atoms with van der Waals surface area (Å²) in [5.41, 5.74) is 8.61. The number of nitrogen functional groups attached to an aromatic ring is 1. The highest BCUT2D eigenvalue weighted by Crippen LogP contribution is 2.49. The van der Waals surface area contributed by atoms with E-state index in [0.29, 0.717) is 41.9 Å². The van der Waals surface area contributed by atoms with E-state index in [-0.39, 0.29) is 64.2 Å². The minimum atomic E-state index is -3.04. The third-order valence-corrected chi connectivity index (χ3v) is 21.8. The summed E-state index contributed by atoms with van der Waals surface area (Å²) in [5.74, 6) is -0.785. The molecule has 3 aliphatic rings. The van der Waals surface area contributed by atoms with Gasteiger partial charge in [-0.2, -0.15) is 9.97 Å². The number of imidazole rings is 1. The van der Waals surface area contributed by atoms with Crippen molar-refractivity contribution >= 4 is 57.8 Å². The number of hydrogen-bond donors (Lipinski definition) is 2. The lowest BCUT2D eigenvalue weighted by molar-refractivity contribution is -0.118. The Morgan fingerprint density at radius 3 is 2.11 bits per heavy atom. The van der Waals surface area contributed by atoms with Gasteiger partial charge in [0.2, 0.25) is 11.9 Å². The maximum Gasteiger partial charge on any atom is 0.335 e. The van der Waals surface area contributed by atoms with Gasteiger partial charge in [-0.3, -0.25) is 29.2 Å². The summed E-state index contributed by atoms with van der Waals surface area (Å²) in [7, 11) is -5.88. The Balaban J connectivity index is 1.26. The molecule has 0 radical (unpaired) electrons. The number of carbonyl (C=O) groups excluding carboxylic acids is 3. The van der Waals surface area contributed by atoms with Crippen LogP contribution in [0.25, 0.3) is 11.2 Å². The van der Waals surface area contributed by atoms with Crippen molar-refractivity contribution in [2.75, 3.05) is 30.8 Å². The molecule has 2 fully saturated rings. The molecule has 17 heteroatoms. The van der Waals surface area contributed by atoms with E-state index in [4.69, 9.17) is 33.2 Å². The van der Waals surface area contributed by atoms with Gasteiger partial charge < -0.3 is 28.2 Å². The first kappa shape index (κ1) is 43.0. The van der Waals surface area contributed by atoms with Crippen LogP contribution in [-0.4, -0.2) is 97.3 Å². The number of benzene rings is 1. The van der Waals surface area contributed by atoms with Crippen LogP contribution < -0.4 is 11.1 Å². The Morgan fingerprint density at radius 2 is 1.51 bits per heavy atom. The van der Waals surface area contributed by atoms with E-state index >= 15 is 0 Å². The number of unbranched alkanes of at least 4 members (excludes halogenated alkanes) is 3. The SMILES string of the molecule is CC(C)C(=O)Nc1nc(N)c2ncn([C@@H]3O[C@@H]4CO[Si](C(C)C)(C(C)C)O[Si](C(C)C)(C(C)C)OC4[C@@H]3OCCCCCCN3C(=O)c4ccccc4C3=O)c2n1. The monoisotopic (exact) mass is 823 g/mol. The van der Waals surface area contributed by atoms with E-state index in [9.17, 15) is 14.4 Å². The molecule has 57 heavy (non-hydrogen) atoms. The lowest BCUT2D eigenvalue weighted by atomic mass is 10.1. The summed E-state index contributed by atoms with van der Waals surface area (Å²) in [6.07, 6.45) is 2.31. The largest absolute Gasteiger partial charge is 0.414 e. The quantitative estimate of drug-likeness (QED) is 0.0903. The maximum atomic E-state index is 12.8. The van der Waals surface area contributed by atoms with Crippen LogP contribution in [0.3, 0.4) is 0 Å². The number of nitrogens with one attached hydrogen (secondary N) is 1. The Hall–Kier alpha value is -3.59. The number of anilines is 2. The zero-order chi connectivity index (χ0) is 41.4. The molecule has 6 rings (SSSR count). The lowest BCUT2D eigenvalue weighted by Crippen LogP contribution is -2.66. The molecule has 1 aromatic carbocycles. The molecule has 312 valence electrons. The maximum absolute atomic E-state index is 12.8. The van der Waals surface area contributed by atoms with Gasteiger partial charge in [-0.1, -0.05) is 94.2 Å². The van der Waals surface area contributed by atoms with Gasteiger partial charge in [0.1, 0.15) is 23.8 Å². The summed E-state index contributed by atoms with van der Waals surface area (Å²) in [4.78, 5) is 53.3. The first-order chi connectivity index (χ1) is 27.0. The van der Waals surface area contributed by atoms with Crippen LogP contribution >= 0.6 is 0 Å². The van der Waals surface area contributed by atoms with Crippen LogP contribution in [0.1, 0.15) is 122 Å². The van der Waals surface area contributed by atoms with E-state index in [2.05, 4.69) is 70.7 Å². The number of amides is 3. The summed E-state index contributed by atoms with van der Waals surface area (Å²) in [6, 6.07) is 6.96. The highest BCUT2D eigenvalue weighted by molar-refractivity contribution is 6.84. The normalized spacial score (nSPS) is 23.2. The Kier molecular flexibility index (Phi) is 13.1. The average molecular weight is 824 g/mol. The highest BCUT2D eigenvalue weighted by atomic mass is 28.5. The molecule has 0 spiro atoms. The fraction of sp³-hybridized carbons (Fsp3) is 0.650. The molecule has 2 saturated heterocycles. The van der Waals surface area contributed by atoms with Crippen LogP contribution in [-0.2, 0) is 27.2 Å². The summed E-state index contributed by atoms with van der Waals surface area (Å²) in [6.45, 7) is 22.1. The number of ether oxygens (including phenoxy) is 2. The highest BCUT2D eigenvalue weighted by Gasteiger charge is 2.62. The van der Waals surface area contributed by atoms with Gasteiger partial charge in [0.25, 0.3) is 11.8 Å². The fourth-order valence-electron chi connectivity index (χ4n) is 8.35. The van der Waals surface area contributed by atoms with Crippen molar-refractivity contribution in [2.24, 2.45) is 5.92 Å². The second kappa shape index (κ2) is 17.3. The number of carbonyl (C=O) groups is 3. The van der Waals surface area contributed by atoms with Crippen molar-refractivity contribution in [3.63, 3.8) is 0 Å². The van der Waals surface area contributed by atoms with Gasteiger partial charge in [-0.25, -0.2) is 4.98 Å². The minimum absolute atomic E-state index is 0.0758. The number of fused-ring (bicyclic) bond motifs is 3. The predicted octanol–water partition coefficient (Wildman–Crippen LogP) is 7.10. The van der Waals surface area contributed by atoms with E-state index in [0.717, 1.165) is 19.3 Å². The van der Waals surface area contributed by atoms with Gasteiger partial charge in [-0.15, -0.1) is 0 Å². The molecule has 0 bridgehead atoms. The van der Waals surface area contributed by atoms with Crippen molar-refractivity contribution in [2.45, 2.75) is 142 Å². The van der Waals surface area contributed by atoms with Crippen LogP contribution in [0.4, 0.5) is 11.8 Å². The Labute approximate surface area is 338 Å². The molecule has 0 aliphatic carbocycles. The number of aromatic nitrogens is 4. The first-order valence-electron chi connectivity index (χ1n) is 20.6. The standard InChI is InChI=1S/C40H61N7O8Si2/c1-23(2)36(48)45-40-43-34(41)31-35(44-40)47(22-42-31)39-33(51-20-16-12-11-15-19-46-37(49)28-17-13-14-18-29(28)38(46)50)32-30(53-39)21-52-56(24(3)4,25(5)6)55-57(54-32,26(7)8)27(9)10/h13-14,17-18,22-27,30,32-33,39H,11-12,15-16,19-21H2,1-10H3,(H3,41,43,44,45,48)/t30-,32?,33+,39-/m1/s1. The lowest BCUT2D eigenvalue weighted by Gasteiger charge is -2.51. The van der Waals surface area contributed by atoms with Gasteiger partial charge in [-0.05, 0) is 47.1 Å². The second-order valence-electron chi connectivity index (χ2n) is 17.1. The molecular weight excluding hydrogens is 763 g/mol. The van der Waals surface area contributed by atoms with Crippen molar-refractivity contribution < 1.29 is 36.8 Å². The van der Waals surface area contributed by atoms with Gasteiger partial charge in [0.05, 0.1) is 24.1 Å². The molecule has 5 heterocycles. The second-order valence-corrected chi connectivity index (χ2v) is 25.9. The molecule has 3 amide bonds. The molecule has 4 atom stereocenters. The summed E-state index contributed by atoms with van der Waals surface area (Å²) in [5, 5.41) is 2.77. The molecule has 1 unspecified atom stereocenters. The minimum Gasteiger partial charge on any atom is -0.414 e. The van der Waals surface area contributed by atoms with E-state index in [1.807, 2.05) is 0 Å². The third kappa shape index (κ3) is 8.21. The number of nitrogens with zero attached hydrogens (tertiary/aromatic N) is 5. The number of hydrogen-bond acceptors (Lipinski definition) is 12. The zero-order valence-corrected chi connectivity index (χ0v) is 37.1. The third-order valence-electron chi connectivity index (χ3n) is 11.6. The number of nitrogens with two attached hydrogens (primary N) is 1. The van der Waals surface area contributed by atoms with E-state index < -0.39 is 41.7 Å². The Bertz CT molecular complexity index is 1890. The van der Waals surface area contributed by atoms with Crippen LogP contribution in [0.15, 0.2) is 30.6 Å². The van der Waals surface area contributed by atoms with E-state index in [1.165, 1.54) is 4.90 Å². The molecular formula is C40H61N7O8Si2. The molecule has 3 N–H and O–H groups in total. The van der Waals surface area contributed by atoms with Crippen molar-refractivity contribution in [3.8, 4) is 0 Å². The van der Waals surface area contributed by atoms with Crippen molar-refractivity contribution in [3.05, 3.63) is 41.7 Å². The molecule has 3 aliphatic heterocycles. The number of rotatable bonds is 15. The van der Waals surface area contributed by atoms with Crippen LogP contribution in [0.5, 0.6) is 0 Å². The van der Waals surface area contributed by atoms with Gasteiger partial charge in [0, 0.05) is 19.1 Å². The molecule has 15 nitrogen and oxygen atoms in total. The van der Waals surface area contributed by atoms with Crippen molar-refractivity contribution in [1.29, 1.82) is 0 Å². The van der Waals surface area contributed by atoms with Crippen molar-refractivity contribution in [1.82, 2.24) is 24.4 Å². The first-order valence-corrected chi connectivity index (χ1v) is 24.5. The molecule has 3 aromatic rings. The fourth-order valence-corrected chi connectivity index (χ4v) is 19.6. The average Bonchev–Trinajstić information content (AvgIpc) is 3.79. The van der Waals surface area contributed by atoms with E-state index in [1.54, 1.807) is 49.0 Å².